The van der Waals surface area contributed by atoms with Crippen LogP contribution in [-0.4, -0.2) is 97.4 Å². The normalized spacial score (nSPS) is 13.7. The highest BCUT2D eigenvalue weighted by molar-refractivity contribution is 6.32. The Hall–Kier alpha value is -2.31. The molecule has 33 heavy (non-hydrogen) atoms. The zero-order valence-electron chi connectivity index (χ0n) is 18.3. The molecule has 14 heteroatoms. The SMILES string of the molecule is COC(=O)c1cc(Cl)nc(Cl)n1.COCCN1CCN(c2cc(C(=O)OC)nc(Cl)n2)CC1. The van der Waals surface area contributed by atoms with Gasteiger partial charge in [-0.15, -0.1) is 0 Å². The molecule has 2 aromatic heterocycles. The summed E-state index contributed by atoms with van der Waals surface area (Å²) in [6, 6.07) is 2.89. The van der Waals surface area contributed by atoms with Gasteiger partial charge in [0.15, 0.2) is 11.4 Å². The number of carbonyl (C=O) groups excluding carboxylic acids is 2. The predicted octanol–water partition coefficient (Wildman–Crippen LogP) is 2.25. The van der Waals surface area contributed by atoms with E-state index in [4.69, 9.17) is 39.5 Å². The Morgan fingerprint density at radius 1 is 0.848 bits per heavy atom. The average Bonchev–Trinajstić information content (AvgIpc) is 2.81. The Balaban J connectivity index is 0.000000273. The van der Waals surface area contributed by atoms with Crippen LogP contribution in [0.25, 0.3) is 0 Å². The topological polar surface area (TPSA) is 120 Å². The lowest BCUT2D eigenvalue weighted by atomic mass is 10.3. The lowest BCUT2D eigenvalue weighted by Crippen LogP contribution is -2.47. The van der Waals surface area contributed by atoms with E-state index in [1.807, 2.05) is 0 Å². The molecule has 0 aliphatic carbocycles. The van der Waals surface area contributed by atoms with E-state index in [-0.39, 0.29) is 27.1 Å². The number of hydrogen-bond donors (Lipinski definition) is 0. The predicted molar refractivity (Wildman–Crippen MR) is 122 cm³/mol. The number of methoxy groups -OCH3 is 3. The number of hydrogen-bond acceptors (Lipinski definition) is 11. The van der Waals surface area contributed by atoms with Crippen LogP contribution in [0.5, 0.6) is 0 Å². The smallest absolute Gasteiger partial charge is 0.356 e. The van der Waals surface area contributed by atoms with Gasteiger partial charge in [-0.2, -0.15) is 0 Å². The molecule has 2 aromatic rings. The molecule has 3 rings (SSSR count). The summed E-state index contributed by atoms with van der Waals surface area (Å²) in [5.41, 5.74) is 0.219. The first-order chi connectivity index (χ1) is 15.8. The van der Waals surface area contributed by atoms with Gasteiger partial charge in [-0.1, -0.05) is 11.6 Å². The number of rotatable bonds is 6. The molecular weight excluding hydrogens is 499 g/mol. The molecule has 0 atom stereocenters. The number of piperazine rings is 1. The fourth-order valence-corrected chi connectivity index (χ4v) is 3.38. The molecule has 0 bridgehead atoms. The van der Waals surface area contributed by atoms with Crippen LogP contribution in [-0.2, 0) is 14.2 Å². The fraction of sp³-hybridized carbons (Fsp3) is 0.474. The summed E-state index contributed by atoms with van der Waals surface area (Å²) in [7, 11) is 4.26. The molecule has 1 fully saturated rings. The Labute approximate surface area is 205 Å². The van der Waals surface area contributed by atoms with Crippen LogP contribution in [0, 0.1) is 0 Å². The van der Waals surface area contributed by atoms with Crippen molar-refractivity contribution in [1.29, 1.82) is 0 Å². The average molecular weight is 522 g/mol. The molecule has 0 unspecified atom stereocenters. The van der Waals surface area contributed by atoms with Gasteiger partial charge < -0.3 is 19.1 Å². The lowest BCUT2D eigenvalue weighted by molar-refractivity contribution is 0.0585. The zero-order chi connectivity index (χ0) is 24.4. The first kappa shape index (κ1) is 26.9. The summed E-state index contributed by atoms with van der Waals surface area (Å²) in [4.78, 5) is 42.1. The highest BCUT2D eigenvalue weighted by Gasteiger charge is 2.20. The number of carbonyl (C=O) groups is 2. The van der Waals surface area contributed by atoms with Crippen molar-refractivity contribution in [2.24, 2.45) is 0 Å². The molecule has 0 amide bonds. The Morgan fingerprint density at radius 3 is 1.91 bits per heavy atom. The van der Waals surface area contributed by atoms with E-state index in [2.05, 4.69) is 39.2 Å². The highest BCUT2D eigenvalue weighted by Crippen LogP contribution is 2.18. The summed E-state index contributed by atoms with van der Waals surface area (Å²) in [6.07, 6.45) is 0. The van der Waals surface area contributed by atoms with Gasteiger partial charge in [0.1, 0.15) is 11.0 Å². The van der Waals surface area contributed by atoms with Crippen LogP contribution in [0.4, 0.5) is 5.82 Å². The third-order valence-corrected chi connectivity index (χ3v) is 4.98. The van der Waals surface area contributed by atoms with Crippen LogP contribution >= 0.6 is 34.8 Å². The largest absolute Gasteiger partial charge is 0.464 e. The molecule has 180 valence electrons. The van der Waals surface area contributed by atoms with E-state index in [9.17, 15) is 9.59 Å². The van der Waals surface area contributed by atoms with Gasteiger partial charge in [-0.05, 0) is 23.2 Å². The van der Waals surface area contributed by atoms with E-state index >= 15 is 0 Å². The third-order valence-electron chi connectivity index (χ3n) is 4.45. The minimum Gasteiger partial charge on any atom is -0.464 e. The molecule has 0 radical (unpaired) electrons. The van der Waals surface area contributed by atoms with E-state index in [1.165, 1.54) is 20.3 Å². The van der Waals surface area contributed by atoms with Crippen LogP contribution < -0.4 is 4.90 Å². The van der Waals surface area contributed by atoms with Crippen molar-refractivity contribution in [2.45, 2.75) is 0 Å². The third kappa shape index (κ3) is 8.52. The lowest BCUT2D eigenvalue weighted by Gasteiger charge is -2.35. The number of anilines is 1. The molecule has 0 N–H and O–H groups in total. The van der Waals surface area contributed by atoms with Crippen molar-refractivity contribution in [3.63, 3.8) is 0 Å². The number of ether oxygens (including phenoxy) is 3. The van der Waals surface area contributed by atoms with Crippen molar-refractivity contribution in [1.82, 2.24) is 24.8 Å². The van der Waals surface area contributed by atoms with Crippen LogP contribution in [0.2, 0.25) is 15.7 Å². The van der Waals surface area contributed by atoms with Gasteiger partial charge in [0, 0.05) is 52.0 Å². The van der Waals surface area contributed by atoms with Gasteiger partial charge in [0.05, 0.1) is 20.8 Å². The second kappa shape index (κ2) is 13.4. The Bertz CT molecular complexity index is 939. The van der Waals surface area contributed by atoms with Gasteiger partial charge in [0.25, 0.3) is 0 Å². The highest BCUT2D eigenvalue weighted by atomic mass is 35.5. The van der Waals surface area contributed by atoms with Crippen molar-refractivity contribution in [3.05, 3.63) is 39.2 Å². The number of esters is 2. The quantitative estimate of drug-likeness (QED) is 0.316. The summed E-state index contributed by atoms with van der Waals surface area (Å²) >= 11 is 16.8. The summed E-state index contributed by atoms with van der Waals surface area (Å²) in [5, 5.41) is 0.0769. The van der Waals surface area contributed by atoms with Crippen molar-refractivity contribution < 1.29 is 23.8 Å². The summed E-state index contributed by atoms with van der Waals surface area (Å²) in [5.74, 6) is -0.456. The zero-order valence-corrected chi connectivity index (χ0v) is 20.5. The molecule has 0 saturated carbocycles. The van der Waals surface area contributed by atoms with E-state index in [0.29, 0.717) is 5.82 Å². The van der Waals surface area contributed by atoms with E-state index in [0.717, 1.165) is 39.3 Å². The number of nitrogens with zero attached hydrogens (tertiary/aromatic N) is 6. The van der Waals surface area contributed by atoms with Crippen LogP contribution in [0.15, 0.2) is 12.1 Å². The van der Waals surface area contributed by atoms with Crippen LogP contribution in [0.1, 0.15) is 21.0 Å². The first-order valence-electron chi connectivity index (χ1n) is 9.65. The monoisotopic (exact) mass is 520 g/mol. The second-order valence-corrected chi connectivity index (χ2v) is 7.59. The maximum atomic E-state index is 11.6. The minimum atomic E-state index is -0.596. The van der Waals surface area contributed by atoms with Crippen molar-refractivity contribution in [3.8, 4) is 0 Å². The fourth-order valence-electron chi connectivity index (χ4n) is 2.80. The maximum absolute atomic E-state index is 11.6. The summed E-state index contributed by atoms with van der Waals surface area (Å²) < 4.78 is 14.1. The standard InChI is InChI=1S/C13H19ClN4O3.C6H4Cl2N2O2/c1-20-8-7-17-3-5-18(6-4-17)11-9-10(12(19)21-2)15-13(14)16-11;1-12-5(11)3-2-4(7)10-6(8)9-3/h9H,3-8H2,1-2H3;2H,1H3. The number of aromatic nitrogens is 4. The van der Waals surface area contributed by atoms with Gasteiger partial charge in [-0.3, -0.25) is 4.90 Å². The molecule has 3 heterocycles. The number of halogens is 3. The molecule has 1 aliphatic rings. The Kier molecular flexibility index (Phi) is 10.9. The molecule has 0 aromatic carbocycles. The Morgan fingerprint density at radius 2 is 1.39 bits per heavy atom. The molecule has 11 nitrogen and oxygen atoms in total. The molecule has 1 aliphatic heterocycles. The summed E-state index contributed by atoms with van der Waals surface area (Å²) in [6.45, 7) is 5.11. The second-order valence-electron chi connectivity index (χ2n) is 6.53. The molecule has 1 saturated heterocycles. The van der Waals surface area contributed by atoms with E-state index in [1.54, 1.807) is 13.2 Å². The molecule has 0 spiro atoms. The van der Waals surface area contributed by atoms with Crippen molar-refractivity contribution in [2.75, 3.05) is 65.6 Å². The van der Waals surface area contributed by atoms with E-state index < -0.39 is 11.9 Å². The van der Waals surface area contributed by atoms with Gasteiger partial charge in [-0.25, -0.2) is 29.5 Å². The minimum absolute atomic E-state index is 0.0440. The first-order valence-corrected chi connectivity index (χ1v) is 10.8. The van der Waals surface area contributed by atoms with Crippen LogP contribution in [0.3, 0.4) is 0 Å². The maximum Gasteiger partial charge on any atom is 0.356 e. The van der Waals surface area contributed by atoms with Gasteiger partial charge in [0.2, 0.25) is 10.6 Å². The van der Waals surface area contributed by atoms with Crippen molar-refractivity contribution >= 4 is 52.6 Å². The van der Waals surface area contributed by atoms with Gasteiger partial charge >= 0.3 is 11.9 Å². The molecular formula is C19H23Cl3N6O5.